The first kappa shape index (κ1) is 41.5. The van der Waals surface area contributed by atoms with Crippen LogP contribution in [0.25, 0.3) is 0 Å². The molecule has 0 rings (SSSR count). The van der Waals surface area contributed by atoms with Crippen LogP contribution in [0, 0.1) is 0 Å². The van der Waals surface area contributed by atoms with Crippen molar-refractivity contribution in [2.75, 3.05) is 0 Å². The van der Waals surface area contributed by atoms with Crippen molar-refractivity contribution in [2.45, 2.75) is 0 Å². The number of hydrogen-bond donors (Lipinski definition) is 0. The Morgan fingerprint density at radius 1 is 0.500 bits per heavy atom. The molecule has 2 nitrogen and oxygen atoms in total. The van der Waals surface area contributed by atoms with Crippen LogP contribution < -0.4 is 0 Å². The monoisotopic (exact) mass is 436 g/mol. The summed E-state index contributed by atoms with van der Waals surface area (Å²) in [7, 11) is 0. The van der Waals surface area contributed by atoms with Gasteiger partial charge in [-0.3, -0.25) is 0 Å². The van der Waals surface area contributed by atoms with E-state index in [0.29, 0.717) is 0 Å². The first-order valence-corrected chi connectivity index (χ1v) is 0. The molecule has 0 aliphatic carbocycles. The predicted octanol–water partition coefficient (Wildman–Crippen LogP) is -0.243. The number of rotatable bonds is 0. The van der Waals surface area contributed by atoms with Gasteiger partial charge in [0.2, 0.25) is 0 Å². The van der Waals surface area contributed by atoms with Gasteiger partial charge >= 0.3 is 55.3 Å². The van der Waals surface area contributed by atoms with Crippen molar-refractivity contribution in [3.63, 3.8) is 0 Å². The second kappa shape index (κ2) is 21.5. The van der Waals surface area contributed by atoms with Crippen LogP contribution in [-0.2, 0) is 66.3 Å². The van der Waals surface area contributed by atoms with Crippen molar-refractivity contribution < 1.29 is 66.3 Å². The molecule has 0 radical (unpaired) electrons. The van der Waals surface area contributed by atoms with E-state index in [1.165, 1.54) is 0 Å². The molecule has 0 N–H and O–H groups in total. The van der Waals surface area contributed by atoms with Crippen LogP contribution in [0.1, 0.15) is 0 Å². The molecule has 0 saturated heterocycles. The topological polar surface area (TPSA) is 57.0 Å². The Kier molecular flexibility index (Phi) is 223. The van der Waals surface area contributed by atoms with E-state index in [4.69, 9.17) is 0 Å². The summed E-state index contributed by atoms with van der Waals surface area (Å²) in [5.41, 5.74) is 0. The van der Waals surface area contributed by atoms with Crippen LogP contribution in [0.2, 0.25) is 0 Å². The third-order valence-electron chi connectivity index (χ3n) is 0. The van der Waals surface area contributed by atoms with E-state index >= 15 is 0 Å². The summed E-state index contributed by atoms with van der Waals surface area (Å²) in [6.07, 6.45) is 0. The molecule has 0 amide bonds. The fourth-order valence-electron chi connectivity index (χ4n) is 0. The van der Waals surface area contributed by atoms with E-state index in [1.807, 2.05) is 0 Å². The van der Waals surface area contributed by atoms with Gasteiger partial charge in [-0.25, -0.2) is 0 Å². The minimum absolute atomic E-state index is 0. The summed E-state index contributed by atoms with van der Waals surface area (Å²) in [5.74, 6) is 0. The molecule has 4 heteroatoms. The smallest absolute Gasteiger partial charge is 2.00 e. The summed E-state index contributed by atoms with van der Waals surface area (Å²) in [4.78, 5) is 0. The molecule has 0 aliphatic rings. The molecule has 0 spiro atoms. The molecular weight excluding hydrogens is 433 g/mol. The van der Waals surface area contributed by atoms with Gasteiger partial charge in [0.25, 0.3) is 0 Å². The average Bonchev–Trinajstić information content (AvgIpc) is 0. The molecule has 16 valence electrons. The summed E-state index contributed by atoms with van der Waals surface area (Å²) in [6, 6.07) is 0. The molecule has 0 fully saturated rings. The summed E-state index contributed by atoms with van der Waals surface area (Å²) < 4.78 is 0. The first-order valence-electron chi connectivity index (χ1n) is 0. The van der Waals surface area contributed by atoms with Crippen molar-refractivity contribution in [3.05, 3.63) is 0 Å². The van der Waals surface area contributed by atoms with Gasteiger partial charge in [-0.2, -0.15) is 0 Å². The van der Waals surface area contributed by atoms with Gasteiger partial charge in [-0.05, 0) is 0 Å². The van der Waals surface area contributed by atoms with E-state index in [-0.39, 0.29) is 66.3 Å². The average molecular weight is 433 g/mol. The maximum absolute atomic E-state index is 0. The van der Waals surface area contributed by atoms with E-state index in [0.717, 1.165) is 0 Å². The molecule has 4 heavy (non-hydrogen) atoms. The second-order valence-corrected chi connectivity index (χ2v) is 0. The second-order valence-electron chi connectivity index (χ2n) is 0. The molecule has 0 saturated carbocycles. The maximum Gasteiger partial charge on any atom is 2.00 e. The van der Waals surface area contributed by atoms with Gasteiger partial charge in [0.15, 0.2) is 0 Å². The number of hydrogen-bond acceptors (Lipinski definition) is 0. The fourth-order valence-corrected chi connectivity index (χ4v) is 0. The SMILES string of the molecule is [Hg+2].[Hg+2].[O-2].[O-2]. The minimum Gasteiger partial charge on any atom is -2.00 e. The Hall–Kier alpha value is 1.79. The van der Waals surface area contributed by atoms with Crippen LogP contribution in [-0.4, -0.2) is 0 Å². The minimum atomic E-state index is 0. The molecule has 0 atom stereocenters. The summed E-state index contributed by atoms with van der Waals surface area (Å²) in [5, 5.41) is 0. The Morgan fingerprint density at radius 2 is 0.500 bits per heavy atom. The first-order chi connectivity index (χ1) is 0. The molecule has 0 unspecified atom stereocenters. The van der Waals surface area contributed by atoms with Crippen molar-refractivity contribution in [1.29, 1.82) is 0 Å². The van der Waals surface area contributed by atoms with Gasteiger partial charge in [0, 0.05) is 0 Å². The molecule has 0 aromatic rings. The van der Waals surface area contributed by atoms with Crippen molar-refractivity contribution in [2.24, 2.45) is 0 Å². The molecule has 0 aromatic heterocycles. The van der Waals surface area contributed by atoms with Crippen molar-refractivity contribution >= 4 is 0 Å². The molecule has 0 heterocycles. The molecular formula is Hg2O2. The third kappa shape index (κ3) is 9.21. The Labute approximate surface area is 65.6 Å². The zero-order chi connectivity index (χ0) is 0. The molecule has 0 aliphatic heterocycles. The van der Waals surface area contributed by atoms with Crippen LogP contribution in [0.4, 0.5) is 0 Å². The van der Waals surface area contributed by atoms with Gasteiger partial charge in [-0.1, -0.05) is 0 Å². The quantitative estimate of drug-likeness (QED) is 0.474. The maximum atomic E-state index is 0. The van der Waals surface area contributed by atoms with Crippen LogP contribution >= 0.6 is 0 Å². The fraction of sp³-hybridized carbons (Fsp3) is 0. The largest absolute Gasteiger partial charge is 2.00 e. The zero-order valence-electron chi connectivity index (χ0n) is 2.23. The summed E-state index contributed by atoms with van der Waals surface area (Å²) in [6.45, 7) is 0. The van der Waals surface area contributed by atoms with Crippen molar-refractivity contribution in [1.82, 2.24) is 0 Å². The predicted molar refractivity (Wildman–Crippen MR) is 1.37 cm³/mol. The van der Waals surface area contributed by atoms with E-state index < -0.39 is 0 Å². The van der Waals surface area contributed by atoms with Gasteiger partial charge in [-0.15, -0.1) is 0 Å². The Morgan fingerprint density at radius 3 is 0.500 bits per heavy atom. The van der Waals surface area contributed by atoms with Gasteiger partial charge in [0.05, 0.1) is 0 Å². The standard InChI is InChI=1S/2Hg.2O/q2*+2;2*-2. The Bertz CT molecular complexity index is 4.00. The van der Waals surface area contributed by atoms with Crippen LogP contribution in [0.5, 0.6) is 0 Å². The van der Waals surface area contributed by atoms with Crippen LogP contribution in [0.3, 0.4) is 0 Å². The zero-order valence-corrected chi connectivity index (χ0v) is 13.2. The third-order valence-corrected chi connectivity index (χ3v) is 0. The van der Waals surface area contributed by atoms with Crippen LogP contribution in [0.15, 0.2) is 0 Å². The molecule has 0 bridgehead atoms. The van der Waals surface area contributed by atoms with Gasteiger partial charge < -0.3 is 11.0 Å². The van der Waals surface area contributed by atoms with Gasteiger partial charge in [0.1, 0.15) is 0 Å². The van der Waals surface area contributed by atoms with E-state index in [9.17, 15) is 0 Å². The molecule has 0 aromatic carbocycles. The Balaban J connectivity index is 0. The summed E-state index contributed by atoms with van der Waals surface area (Å²) >= 11 is 0. The van der Waals surface area contributed by atoms with Crippen molar-refractivity contribution in [3.8, 4) is 0 Å². The normalized spacial score (nSPS) is 0. The van der Waals surface area contributed by atoms with E-state index in [2.05, 4.69) is 0 Å². The van der Waals surface area contributed by atoms with E-state index in [1.54, 1.807) is 0 Å².